The van der Waals surface area contributed by atoms with Crippen LogP contribution >= 0.6 is 11.6 Å². The van der Waals surface area contributed by atoms with Crippen molar-refractivity contribution < 1.29 is 9.50 Å². The highest BCUT2D eigenvalue weighted by molar-refractivity contribution is 6.38. The zero-order chi connectivity index (χ0) is 22.6. The molecule has 0 spiro atoms. The van der Waals surface area contributed by atoms with Gasteiger partial charge in [0.15, 0.2) is 11.5 Å². The molecule has 9 nitrogen and oxygen atoms in total. The Balaban J connectivity index is 1.60. The summed E-state index contributed by atoms with van der Waals surface area (Å²) < 4.78 is 16.5. The van der Waals surface area contributed by atoms with E-state index in [1.165, 1.54) is 0 Å². The molecule has 3 aromatic heterocycles. The van der Waals surface area contributed by atoms with Crippen molar-refractivity contribution in [3.05, 3.63) is 29.0 Å². The largest absolute Gasteiger partial charge is 0.390 e. The van der Waals surface area contributed by atoms with Crippen molar-refractivity contribution in [1.82, 2.24) is 29.9 Å². The van der Waals surface area contributed by atoms with Gasteiger partial charge < -0.3 is 15.7 Å². The van der Waals surface area contributed by atoms with Crippen molar-refractivity contribution in [3.63, 3.8) is 0 Å². The number of anilines is 1. The predicted molar refractivity (Wildman–Crippen MR) is 121 cm³/mol. The Bertz CT molecular complexity index is 1300. The van der Waals surface area contributed by atoms with E-state index in [1.54, 1.807) is 16.6 Å². The van der Waals surface area contributed by atoms with Gasteiger partial charge in [-0.25, -0.2) is 14.4 Å². The second kappa shape index (κ2) is 7.95. The van der Waals surface area contributed by atoms with Crippen LogP contribution in [0.5, 0.6) is 0 Å². The Labute approximate surface area is 188 Å². The fraction of sp³-hybridized carbons (Fsp3) is 0.429. The van der Waals surface area contributed by atoms with Gasteiger partial charge in [0.25, 0.3) is 0 Å². The summed E-state index contributed by atoms with van der Waals surface area (Å²) in [6.07, 6.45) is 2.82. The van der Waals surface area contributed by atoms with Gasteiger partial charge in [0.05, 0.1) is 23.2 Å². The van der Waals surface area contributed by atoms with Crippen molar-refractivity contribution in [2.75, 3.05) is 11.9 Å². The summed E-state index contributed by atoms with van der Waals surface area (Å²) >= 11 is 6.67. The lowest BCUT2D eigenvalue weighted by molar-refractivity contribution is 0.184. The molecule has 0 bridgehead atoms. The maximum Gasteiger partial charge on any atom is 0.177 e. The number of benzene rings is 1. The fourth-order valence-electron chi connectivity index (χ4n) is 4.53. The Kier molecular flexibility index (Phi) is 5.23. The summed E-state index contributed by atoms with van der Waals surface area (Å²) in [5.41, 5.74) is 9.18. The number of alkyl halides is 1. The normalized spacial score (nSPS) is 21.5. The second-order valence-corrected chi connectivity index (χ2v) is 8.68. The summed E-state index contributed by atoms with van der Waals surface area (Å²) in [7, 11) is 3.59. The average Bonchev–Trinajstić information content (AvgIpc) is 3.37. The van der Waals surface area contributed by atoms with E-state index in [4.69, 9.17) is 17.3 Å². The van der Waals surface area contributed by atoms with Gasteiger partial charge in [-0.15, -0.1) is 0 Å². The number of aliphatic hydroxyl groups excluding tert-OH is 1. The number of nitrogens with zero attached hydrogens (tertiary/aromatic N) is 6. The van der Waals surface area contributed by atoms with Crippen LogP contribution < -0.4 is 10.6 Å². The van der Waals surface area contributed by atoms with E-state index in [1.807, 2.05) is 25.4 Å². The molecule has 11 heteroatoms. The monoisotopic (exact) mass is 458 g/mol. The molecule has 0 amide bonds. The molecule has 1 saturated carbocycles. The zero-order valence-electron chi connectivity index (χ0n) is 17.8. The Morgan fingerprint density at radius 2 is 2.16 bits per heavy atom. The first kappa shape index (κ1) is 21.0. The Morgan fingerprint density at radius 1 is 1.34 bits per heavy atom. The average molecular weight is 459 g/mol. The Morgan fingerprint density at radius 3 is 2.94 bits per heavy atom. The molecule has 4 N–H and O–H groups in total. The maximum atomic E-state index is 14.8. The first-order chi connectivity index (χ1) is 15.4. The van der Waals surface area contributed by atoms with Gasteiger partial charge in [0, 0.05) is 37.3 Å². The van der Waals surface area contributed by atoms with Crippen LogP contribution in [0.1, 0.15) is 25.0 Å². The van der Waals surface area contributed by atoms with Crippen LogP contribution in [-0.4, -0.2) is 60.4 Å². The molecule has 0 saturated heterocycles. The third kappa shape index (κ3) is 3.30. The highest BCUT2D eigenvalue weighted by atomic mass is 35.5. The van der Waals surface area contributed by atoms with E-state index in [0.29, 0.717) is 51.8 Å². The van der Waals surface area contributed by atoms with E-state index in [0.717, 1.165) is 17.3 Å². The number of hydrogen-bond acceptors (Lipinski definition) is 7. The van der Waals surface area contributed by atoms with Crippen LogP contribution in [0.2, 0.25) is 5.02 Å². The number of halogens is 2. The van der Waals surface area contributed by atoms with Crippen LogP contribution in [-0.2, 0) is 13.7 Å². The van der Waals surface area contributed by atoms with E-state index in [9.17, 15) is 9.50 Å². The van der Waals surface area contributed by atoms with Crippen molar-refractivity contribution in [3.8, 4) is 11.3 Å². The molecule has 5 rings (SSSR count). The number of aliphatic hydroxyl groups is 1. The smallest absolute Gasteiger partial charge is 0.177 e. The van der Waals surface area contributed by atoms with E-state index < -0.39 is 18.3 Å². The highest BCUT2D eigenvalue weighted by Gasteiger charge is 2.35. The minimum atomic E-state index is -1.18. The molecule has 0 radical (unpaired) electrons. The zero-order valence-corrected chi connectivity index (χ0v) is 18.5. The van der Waals surface area contributed by atoms with Gasteiger partial charge >= 0.3 is 0 Å². The summed E-state index contributed by atoms with van der Waals surface area (Å²) in [5, 5.41) is 23.0. The van der Waals surface area contributed by atoms with Crippen LogP contribution in [0.3, 0.4) is 0 Å². The van der Waals surface area contributed by atoms with Gasteiger partial charge in [0.2, 0.25) is 0 Å². The number of aryl methyl sites for hydroxylation is 1. The number of hydrogen-bond donors (Lipinski definition) is 3. The number of nitrogens with one attached hydrogen (secondary N) is 1. The fourth-order valence-corrected chi connectivity index (χ4v) is 4.83. The quantitative estimate of drug-likeness (QED) is 0.429. The molecular weight excluding hydrogens is 435 g/mol. The van der Waals surface area contributed by atoms with Crippen molar-refractivity contribution in [2.45, 2.75) is 44.1 Å². The number of aromatic nitrogens is 6. The number of H-pyrrole nitrogens is 1. The third-order valence-electron chi connectivity index (χ3n) is 6.23. The summed E-state index contributed by atoms with van der Waals surface area (Å²) in [6, 6.07) is 2.77. The lowest BCUT2D eigenvalue weighted by Gasteiger charge is -2.38. The van der Waals surface area contributed by atoms with E-state index >= 15 is 0 Å². The van der Waals surface area contributed by atoms with Gasteiger partial charge in [-0.3, -0.25) is 9.78 Å². The minimum absolute atomic E-state index is 0.340. The van der Waals surface area contributed by atoms with Gasteiger partial charge in [-0.1, -0.05) is 11.6 Å². The van der Waals surface area contributed by atoms with Gasteiger partial charge in [0.1, 0.15) is 23.1 Å². The maximum absolute atomic E-state index is 14.8. The molecule has 3 atom stereocenters. The first-order valence-corrected chi connectivity index (χ1v) is 10.9. The molecule has 168 valence electrons. The molecule has 1 fully saturated rings. The third-order valence-corrected chi connectivity index (χ3v) is 6.64. The van der Waals surface area contributed by atoms with Gasteiger partial charge in [-0.05, 0) is 31.4 Å². The molecular formula is C21H24ClFN8O. The standard InChI is InChI=1S/C21H24ClFN8O/c1-30-8-11-13(29-30)7-6-10(16(11)22)18-19-20(28-27-18)26-21(14(9-32)25-19)31(2)15-5-3-4-12(24)17(15)23/h6-8,12,15,17,32H,3-5,9,24H2,1-2H3,(H,26,27,28)/t12-,15+,17-/m0/s1. The predicted octanol–water partition coefficient (Wildman–Crippen LogP) is 2.71. The molecule has 1 aliphatic carbocycles. The second-order valence-electron chi connectivity index (χ2n) is 8.30. The molecule has 0 unspecified atom stereocenters. The number of nitrogens with two attached hydrogens (primary N) is 1. The van der Waals surface area contributed by atoms with E-state index in [2.05, 4.69) is 25.3 Å². The first-order valence-electron chi connectivity index (χ1n) is 10.5. The summed E-state index contributed by atoms with van der Waals surface area (Å²) in [6.45, 7) is -0.349. The van der Waals surface area contributed by atoms with Crippen LogP contribution in [0, 0.1) is 0 Å². The Hall–Kier alpha value is -2.82. The molecule has 3 heterocycles. The van der Waals surface area contributed by atoms with Crippen LogP contribution in [0.25, 0.3) is 33.3 Å². The molecule has 32 heavy (non-hydrogen) atoms. The lowest BCUT2D eigenvalue weighted by Crippen LogP contribution is -2.51. The SMILES string of the molecule is CN(c1nc2[nH]nc(-c3ccc4nn(C)cc4c3Cl)c2nc1CO)[C@@H]1CCC[C@H](N)[C@@H]1F. The molecule has 1 aliphatic rings. The number of fused-ring (bicyclic) bond motifs is 2. The summed E-state index contributed by atoms with van der Waals surface area (Å²) in [5.74, 6) is 0.408. The van der Waals surface area contributed by atoms with Crippen molar-refractivity contribution in [2.24, 2.45) is 12.8 Å². The topological polar surface area (TPSA) is 122 Å². The lowest BCUT2D eigenvalue weighted by atomic mass is 9.89. The molecule has 4 aromatic rings. The van der Waals surface area contributed by atoms with Gasteiger partial charge in [-0.2, -0.15) is 10.2 Å². The van der Waals surface area contributed by atoms with Crippen LogP contribution in [0.15, 0.2) is 18.3 Å². The number of aromatic amines is 1. The number of rotatable bonds is 4. The summed E-state index contributed by atoms with van der Waals surface area (Å²) in [4.78, 5) is 11.0. The van der Waals surface area contributed by atoms with Crippen LogP contribution in [0.4, 0.5) is 10.2 Å². The minimum Gasteiger partial charge on any atom is -0.390 e. The molecule has 0 aliphatic heterocycles. The highest BCUT2D eigenvalue weighted by Crippen LogP contribution is 2.36. The van der Waals surface area contributed by atoms with Crippen molar-refractivity contribution >= 4 is 39.5 Å². The van der Waals surface area contributed by atoms with E-state index in [-0.39, 0.29) is 6.61 Å². The van der Waals surface area contributed by atoms with Crippen molar-refractivity contribution in [1.29, 1.82) is 0 Å². The molecule has 1 aromatic carbocycles.